The number of morpholine rings is 1. The SMILES string of the molecule is CC(Oc1ccccc1C(=O)Nc1ccccc1)C(=O)Nc1ccc(N2CCOCC2)cc1. The lowest BCUT2D eigenvalue weighted by molar-refractivity contribution is -0.122. The number of para-hydroxylation sites is 2. The van der Waals surface area contributed by atoms with Gasteiger partial charge in [-0.2, -0.15) is 0 Å². The van der Waals surface area contributed by atoms with E-state index in [0.29, 0.717) is 22.7 Å². The zero-order valence-corrected chi connectivity index (χ0v) is 18.5. The zero-order chi connectivity index (χ0) is 23.0. The molecule has 1 unspecified atom stereocenters. The van der Waals surface area contributed by atoms with Crippen LogP contribution >= 0.6 is 0 Å². The third kappa shape index (κ3) is 5.90. The maximum atomic E-state index is 12.7. The summed E-state index contributed by atoms with van der Waals surface area (Å²) in [5.74, 6) is -0.258. The number of rotatable bonds is 7. The van der Waals surface area contributed by atoms with Crippen LogP contribution in [0.25, 0.3) is 0 Å². The molecule has 2 amide bonds. The summed E-state index contributed by atoms with van der Waals surface area (Å²) in [6.07, 6.45) is -0.797. The zero-order valence-electron chi connectivity index (χ0n) is 18.5. The summed E-state index contributed by atoms with van der Waals surface area (Å²) in [6, 6.07) is 23.8. The van der Waals surface area contributed by atoms with Crippen molar-refractivity contribution in [1.29, 1.82) is 0 Å². The number of carbonyl (C=O) groups is 2. The van der Waals surface area contributed by atoms with Gasteiger partial charge < -0.3 is 25.0 Å². The Kier molecular flexibility index (Phi) is 7.22. The Balaban J connectivity index is 1.37. The molecule has 0 radical (unpaired) electrons. The number of carbonyl (C=O) groups excluding carboxylic acids is 2. The molecule has 2 N–H and O–H groups in total. The number of nitrogens with zero attached hydrogens (tertiary/aromatic N) is 1. The van der Waals surface area contributed by atoms with E-state index >= 15 is 0 Å². The van der Waals surface area contributed by atoms with E-state index in [9.17, 15) is 9.59 Å². The average Bonchev–Trinajstić information content (AvgIpc) is 2.86. The van der Waals surface area contributed by atoms with E-state index in [-0.39, 0.29) is 11.8 Å². The number of ether oxygens (including phenoxy) is 2. The second kappa shape index (κ2) is 10.7. The first-order valence-corrected chi connectivity index (χ1v) is 11.0. The van der Waals surface area contributed by atoms with Gasteiger partial charge in [0, 0.05) is 30.2 Å². The van der Waals surface area contributed by atoms with Gasteiger partial charge in [0.15, 0.2) is 6.10 Å². The lowest BCUT2D eigenvalue weighted by Crippen LogP contribution is -2.36. The highest BCUT2D eigenvalue weighted by molar-refractivity contribution is 6.06. The van der Waals surface area contributed by atoms with Crippen LogP contribution in [0.1, 0.15) is 17.3 Å². The number of anilines is 3. The van der Waals surface area contributed by atoms with Crippen LogP contribution in [0, 0.1) is 0 Å². The fourth-order valence-electron chi connectivity index (χ4n) is 3.54. The molecule has 0 aliphatic carbocycles. The molecule has 7 heteroatoms. The molecule has 1 atom stereocenters. The molecule has 4 rings (SSSR count). The van der Waals surface area contributed by atoms with Crippen LogP contribution in [0.3, 0.4) is 0 Å². The number of hydrogen-bond acceptors (Lipinski definition) is 5. The van der Waals surface area contributed by atoms with Crippen LogP contribution in [0.2, 0.25) is 0 Å². The van der Waals surface area contributed by atoms with Gasteiger partial charge >= 0.3 is 0 Å². The van der Waals surface area contributed by atoms with E-state index in [1.807, 2.05) is 54.6 Å². The fourth-order valence-corrected chi connectivity index (χ4v) is 3.54. The first-order valence-electron chi connectivity index (χ1n) is 11.0. The third-order valence-corrected chi connectivity index (χ3v) is 5.35. The van der Waals surface area contributed by atoms with E-state index in [4.69, 9.17) is 9.47 Å². The summed E-state index contributed by atoms with van der Waals surface area (Å²) in [7, 11) is 0. The second-order valence-electron chi connectivity index (χ2n) is 7.71. The van der Waals surface area contributed by atoms with Crippen LogP contribution in [-0.4, -0.2) is 44.2 Å². The highest BCUT2D eigenvalue weighted by Gasteiger charge is 2.19. The Morgan fingerprint density at radius 1 is 0.848 bits per heavy atom. The molecule has 0 bridgehead atoms. The first-order chi connectivity index (χ1) is 16.1. The van der Waals surface area contributed by atoms with Crippen molar-refractivity contribution in [2.75, 3.05) is 41.8 Å². The maximum absolute atomic E-state index is 12.7. The normalized spacial score (nSPS) is 14.3. The van der Waals surface area contributed by atoms with E-state index in [1.165, 1.54) is 0 Å². The highest BCUT2D eigenvalue weighted by atomic mass is 16.5. The van der Waals surface area contributed by atoms with Gasteiger partial charge in [-0.05, 0) is 55.5 Å². The van der Waals surface area contributed by atoms with Crippen LogP contribution in [-0.2, 0) is 9.53 Å². The molecule has 0 aromatic heterocycles. The molecule has 3 aromatic rings. The van der Waals surface area contributed by atoms with Gasteiger partial charge in [-0.1, -0.05) is 30.3 Å². The van der Waals surface area contributed by atoms with Crippen LogP contribution in [0.5, 0.6) is 5.75 Å². The minimum absolute atomic E-state index is 0.299. The van der Waals surface area contributed by atoms with Crippen LogP contribution in [0.4, 0.5) is 17.1 Å². The fraction of sp³-hybridized carbons (Fsp3) is 0.231. The molecule has 170 valence electrons. The Morgan fingerprint density at radius 3 is 2.21 bits per heavy atom. The van der Waals surface area contributed by atoms with Gasteiger partial charge in [0.05, 0.1) is 18.8 Å². The molecular formula is C26H27N3O4. The van der Waals surface area contributed by atoms with Gasteiger partial charge in [0.1, 0.15) is 5.75 Å². The van der Waals surface area contributed by atoms with E-state index < -0.39 is 6.10 Å². The predicted octanol–water partition coefficient (Wildman–Crippen LogP) is 4.18. The monoisotopic (exact) mass is 445 g/mol. The molecule has 1 fully saturated rings. The summed E-state index contributed by atoms with van der Waals surface area (Å²) >= 11 is 0. The van der Waals surface area contributed by atoms with Crippen molar-refractivity contribution >= 4 is 28.9 Å². The molecule has 33 heavy (non-hydrogen) atoms. The number of benzene rings is 3. The predicted molar refractivity (Wildman–Crippen MR) is 129 cm³/mol. The topological polar surface area (TPSA) is 79.9 Å². The molecule has 1 aliphatic rings. The Bertz CT molecular complexity index is 1080. The second-order valence-corrected chi connectivity index (χ2v) is 7.71. The Hall–Kier alpha value is -3.84. The molecule has 0 spiro atoms. The van der Waals surface area contributed by atoms with E-state index in [0.717, 1.165) is 32.0 Å². The van der Waals surface area contributed by atoms with E-state index in [2.05, 4.69) is 15.5 Å². The standard InChI is InChI=1S/C26H27N3O4/c1-19(25(30)27-21-11-13-22(14-12-21)29-15-17-32-18-16-29)33-24-10-6-5-9-23(24)26(31)28-20-7-3-2-4-8-20/h2-14,19H,15-18H2,1H3,(H,27,30)(H,28,31). The van der Waals surface area contributed by atoms with Gasteiger partial charge in [0.2, 0.25) is 0 Å². The summed E-state index contributed by atoms with van der Waals surface area (Å²) in [6.45, 7) is 4.81. The number of hydrogen-bond donors (Lipinski definition) is 2. The molecule has 1 saturated heterocycles. The summed E-state index contributed by atoms with van der Waals surface area (Å²) < 4.78 is 11.3. The minimum Gasteiger partial charge on any atom is -0.480 e. The third-order valence-electron chi connectivity index (χ3n) is 5.35. The molecule has 1 aliphatic heterocycles. The van der Waals surface area contributed by atoms with Crippen molar-refractivity contribution in [3.05, 3.63) is 84.4 Å². The summed E-state index contributed by atoms with van der Waals surface area (Å²) in [5.41, 5.74) is 2.82. The van der Waals surface area contributed by atoms with Crippen molar-refractivity contribution in [3.8, 4) is 5.75 Å². The Labute approximate surface area is 193 Å². The summed E-state index contributed by atoms with van der Waals surface area (Å²) in [5, 5.41) is 5.71. The quantitative estimate of drug-likeness (QED) is 0.570. The molecule has 0 saturated carbocycles. The summed E-state index contributed by atoms with van der Waals surface area (Å²) in [4.78, 5) is 27.7. The smallest absolute Gasteiger partial charge is 0.265 e. The molecule has 7 nitrogen and oxygen atoms in total. The van der Waals surface area contributed by atoms with Crippen molar-refractivity contribution in [2.24, 2.45) is 0 Å². The average molecular weight is 446 g/mol. The van der Waals surface area contributed by atoms with Crippen LogP contribution < -0.4 is 20.3 Å². The molecule has 1 heterocycles. The van der Waals surface area contributed by atoms with E-state index in [1.54, 1.807) is 31.2 Å². The van der Waals surface area contributed by atoms with Gasteiger partial charge in [-0.3, -0.25) is 9.59 Å². The number of nitrogens with one attached hydrogen (secondary N) is 2. The maximum Gasteiger partial charge on any atom is 0.265 e. The lowest BCUT2D eigenvalue weighted by atomic mass is 10.1. The van der Waals surface area contributed by atoms with Gasteiger partial charge in [0.25, 0.3) is 11.8 Å². The minimum atomic E-state index is -0.797. The van der Waals surface area contributed by atoms with Crippen LogP contribution in [0.15, 0.2) is 78.9 Å². The van der Waals surface area contributed by atoms with Crippen molar-refractivity contribution in [3.63, 3.8) is 0 Å². The molecular weight excluding hydrogens is 418 g/mol. The van der Waals surface area contributed by atoms with Gasteiger partial charge in [-0.15, -0.1) is 0 Å². The number of amides is 2. The first kappa shape index (κ1) is 22.4. The largest absolute Gasteiger partial charge is 0.480 e. The van der Waals surface area contributed by atoms with Crippen molar-refractivity contribution < 1.29 is 19.1 Å². The highest BCUT2D eigenvalue weighted by Crippen LogP contribution is 2.22. The molecule has 3 aromatic carbocycles. The van der Waals surface area contributed by atoms with Gasteiger partial charge in [-0.25, -0.2) is 0 Å². The van der Waals surface area contributed by atoms with Crippen molar-refractivity contribution in [2.45, 2.75) is 13.0 Å². The Morgan fingerprint density at radius 2 is 1.48 bits per heavy atom. The lowest BCUT2D eigenvalue weighted by Gasteiger charge is -2.29. The van der Waals surface area contributed by atoms with Crippen molar-refractivity contribution in [1.82, 2.24) is 0 Å².